The molecule has 1 N–H and O–H groups in total. The fourth-order valence-corrected chi connectivity index (χ4v) is 2.28. The molecule has 0 aliphatic rings. The van der Waals surface area contributed by atoms with E-state index in [0.717, 1.165) is 11.8 Å². The molecule has 0 spiro atoms. The number of nitrogens with one attached hydrogen (secondary N) is 1. The van der Waals surface area contributed by atoms with Gasteiger partial charge in [0, 0.05) is 12.1 Å². The monoisotopic (exact) mass is 357 g/mol. The highest BCUT2D eigenvalue weighted by molar-refractivity contribution is 5.37. The third-order valence-corrected chi connectivity index (χ3v) is 3.63. The Balaban J connectivity index is 1.66. The second-order valence-corrected chi connectivity index (χ2v) is 5.43. The fourth-order valence-electron chi connectivity index (χ4n) is 2.28. The maximum absolute atomic E-state index is 13.9. The van der Waals surface area contributed by atoms with Gasteiger partial charge in [0.2, 0.25) is 0 Å². The Morgan fingerprint density at radius 1 is 1.04 bits per heavy atom. The number of aromatic nitrogens is 2. The zero-order valence-electron chi connectivity index (χ0n) is 14.1. The summed E-state index contributed by atoms with van der Waals surface area (Å²) >= 11 is 0. The lowest BCUT2D eigenvalue weighted by molar-refractivity contribution is 0.279. The van der Waals surface area contributed by atoms with E-state index in [1.54, 1.807) is 25.3 Å². The minimum atomic E-state index is -0.643. The van der Waals surface area contributed by atoms with Crippen molar-refractivity contribution in [2.24, 2.45) is 0 Å². The summed E-state index contributed by atoms with van der Waals surface area (Å²) in [6.45, 7) is 0.297. The Morgan fingerprint density at radius 2 is 1.88 bits per heavy atom. The summed E-state index contributed by atoms with van der Waals surface area (Å²) < 4.78 is 38.2. The first-order valence-electron chi connectivity index (χ1n) is 7.91. The summed E-state index contributed by atoms with van der Waals surface area (Å²) in [6.07, 6.45) is 1.01. The lowest BCUT2D eigenvalue weighted by Crippen LogP contribution is -2.08. The van der Waals surface area contributed by atoms with E-state index in [4.69, 9.17) is 9.47 Å². The van der Waals surface area contributed by atoms with Crippen LogP contribution in [0.2, 0.25) is 0 Å². The molecule has 0 radical (unpaired) electrons. The van der Waals surface area contributed by atoms with E-state index >= 15 is 0 Å². The first kappa shape index (κ1) is 17.6. The number of methoxy groups -OCH3 is 1. The van der Waals surface area contributed by atoms with Crippen LogP contribution in [0.4, 0.5) is 14.6 Å². The number of hydrogen-bond acceptors (Lipinski definition) is 5. The van der Waals surface area contributed by atoms with Gasteiger partial charge in [0.15, 0.2) is 11.6 Å². The molecule has 0 bridgehead atoms. The van der Waals surface area contributed by atoms with E-state index in [9.17, 15) is 8.78 Å². The Kier molecular flexibility index (Phi) is 5.58. The highest BCUT2D eigenvalue weighted by Crippen LogP contribution is 2.18. The van der Waals surface area contributed by atoms with Crippen molar-refractivity contribution in [2.45, 2.75) is 13.2 Å². The minimum Gasteiger partial charge on any atom is -0.497 e. The Bertz CT molecular complexity index is 890. The van der Waals surface area contributed by atoms with Crippen molar-refractivity contribution >= 4 is 5.82 Å². The van der Waals surface area contributed by atoms with Crippen molar-refractivity contribution < 1.29 is 18.3 Å². The van der Waals surface area contributed by atoms with Crippen LogP contribution in [0, 0.1) is 11.6 Å². The van der Waals surface area contributed by atoms with Crippen molar-refractivity contribution in [3.63, 3.8) is 0 Å². The predicted octanol–water partition coefficient (Wildman–Crippen LogP) is 3.95. The number of anilines is 1. The summed E-state index contributed by atoms with van der Waals surface area (Å²) in [5, 5.41) is 2.76. The molecule has 0 unspecified atom stereocenters. The topological polar surface area (TPSA) is 56.3 Å². The molecule has 26 heavy (non-hydrogen) atoms. The average molecular weight is 357 g/mol. The average Bonchev–Trinajstić information content (AvgIpc) is 2.67. The highest BCUT2D eigenvalue weighted by atomic mass is 19.1. The Hall–Kier alpha value is -3.22. The van der Waals surface area contributed by atoms with E-state index in [1.165, 1.54) is 6.07 Å². The van der Waals surface area contributed by atoms with Crippen molar-refractivity contribution in [3.05, 3.63) is 77.5 Å². The highest BCUT2D eigenvalue weighted by Gasteiger charge is 2.09. The van der Waals surface area contributed by atoms with Gasteiger partial charge in [-0.3, -0.25) is 0 Å². The van der Waals surface area contributed by atoms with Crippen LogP contribution in [0.3, 0.4) is 0 Å². The molecule has 3 rings (SSSR count). The van der Waals surface area contributed by atoms with E-state index in [-0.39, 0.29) is 30.8 Å². The SMILES string of the molecule is COc1cccc(COc2ncc(F)c(NCc3ccccc3F)n2)c1. The first-order valence-corrected chi connectivity index (χ1v) is 7.91. The van der Waals surface area contributed by atoms with Crippen LogP contribution in [0.25, 0.3) is 0 Å². The van der Waals surface area contributed by atoms with Crippen LogP contribution < -0.4 is 14.8 Å². The molecule has 7 heteroatoms. The smallest absolute Gasteiger partial charge is 0.318 e. The molecule has 0 saturated carbocycles. The van der Waals surface area contributed by atoms with E-state index < -0.39 is 5.82 Å². The Labute approximate surface area is 149 Å². The number of hydrogen-bond donors (Lipinski definition) is 1. The van der Waals surface area contributed by atoms with Gasteiger partial charge in [-0.1, -0.05) is 30.3 Å². The van der Waals surface area contributed by atoms with E-state index in [0.29, 0.717) is 11.3 Å². The van der Waals surface area contributed by atoms with Crippen LogP contribution >= 0.6 is 0 Å². The van der Waals surface area contributed by atoms with Crippen LogP contribution in [0.1, 0.15) is 11.1 Å². The normalized spacial score (nSPS) is 10.4. The number of ether oxygens (including phenoxy) is 2. The predicted molar refractivity (Wildman–Crippen MR) is 93.0 cm³/mol. The van der Waals surface area contributed by atoms with Crippen molar-refractivity contribution in [1.82, 2.24) is 9.97 Å². The number of rotatable bonds is 7. The standard InChI is InChI=1S/C19H17F2N3O2/c1-25-15-7-4-5-13(9-15)12-26-19-23-11-17(21)18(24-19)22-10-14-6-2-3-8-16(14)20/h2-9,11H,10,12H2,1H3,(H,22,23,24). The molecule has 0 amide bonds. The lowest BCUT2D eigenvalue weighted by Gasteiger charge is -2.10. The zero-order valence-corrected chi connectivity index (χ0v) is 14.1. The summed E-state index contributed by atoms with van der Waals surface area (Å²) in [7, 11) is 1.58. The van der Waals surface area contributed by atoms with Gasteiger partial charge < -0.3 is 14.8 Å². The van der Waals surface area contributed by atoms with Crippen LogP contribution in [-0.4, -0.2) is 17.1 Å². The third kappa shape index (κ3) is 4.44. The molecule has 0 fully saturated rings. The third-order valence-electron chi connectivity index (χ3n) is 3.63. The summed E-state index contributed by atoms with van der Waals surface area (Å²) in [5.74, 6) is -0.360. The van der Waals surface area contributed by atoms with Gasteiger partial charge in [-0.25, -0.2) is 13.8 Å². The van der Waals surface area contributed by atoms with Crippen LogP contribution in [-0.2, 0) is 13.2 Å². The van der Waals surface area contributed by atoms with Crippen molar-refractivity contribution in [3.8, 4) is 11.8 Å². The zero-order chi connectivity index (χ0) is 18.4. The van der Waals surface area contributed by atoms with Gasteiger partial charge in [0.05, 0.1) is 13.3 Å². The molecule has 3 aromatic rings. The second kappa shape index (κ2) is 8.24. The van der Waals surface area contributed by atoms with Crippen molar-refractivity contribution in [1.29, 1.82) is 0 Å². The largest absolute Gasteiger partial charge is 0.497 e. The molecule has 1 heterocycles. The van der Waals surface area contributed by atoms with Gasteiger partial charge in [-0.05, 0) is 23.8 Å². The molecule has 134 valence electrons. The van der Waals surface area contributed by atoms with Gasteiger partial charge in [-0.15, -0.1) is 0 Å². The van der Waals surface area contributed by atoms with Gasteiger partial charge >= 0.3 is 6.01 Å². The second-order valence-electron chi connectivity index (χ2n) is 5.43. The summed E-state index contributed by atoms with van der Waals surface area (Å²) in [6, 6.07) is 13.6. The molecule has 0 saturated heterocycles. The molecule has 0 atom stereocenters. The maximum atomic E-state index is 13.9. The summed E-state index contributed by atoms with van der Waals surface area (Å²) in [5.41, 5.74) is 1.27. The molecule has 5 nitrogen and oxygen atoms in total. The van der Waals surface area contributed by atoms with Gasteiger partial charge in [-0.2, -0.15) is 4.98 Å². The van der Waals surface area contributed by atoms with Crippen molar-refractivity contribution in [2.75, 3.05) is 12.4 Å². The molecule has 2 aromatic carbocycles. The summed E-state index contributed by atoms with van der Waals surface area (Å²) in [4.78, 5) is 7.82. The maximum Gasteiger partial charge on any atom is 0.318 e. The number of benzene rings is 2. The van der Waals surface area contributed by atoms with E-state index in [1.807, 2.05) is 24.3 Å². The Morgan fingerprint density at radius 3 is 2.69 bits per heavy atom. The molecule has 1 aromatic heterocycles. The molecule has 0 aliphatic heterocycles. The van der Waals surface area contributed by atoms with E-state index in [2.05, 4.69) is 15.3 Å². The van der Waals surface area contributed by atoms with Gasteiger partial charge in [0.25, 0.3) is 0 Å². The molecule has 0 aliphatic carbocycles. The molecular formula is C19H17F2N3O2. The van der Waals surface area contributed by atoms with Gasteiger partial charge in [0.1, 0.15) is 18.2 Å². The lowest BCUT2D eigenvalue weighted by atomic mass is 10.2. The quantitative estimate of drug-likeness (QED) is 0.694. The van der Waals surface area contributed by atoms with Crippen LogP contribution in [0.5, 0.6) is 11.8 Å². The molecular weight excluding hydrogens is 340 g/mol. The fraction of sp³-hybridized carbons (Fsp3) is 0.158. The number of halogens is 2. The van der Waals surface area contributed by atoms with Crippen LogP contribution in [0.15, 0.2) is 54.7 Å². The number of nitrogens with zero attached hydrogens (tertiary/aromatic N) is 2. The first-order chi connectivity index (χ1) is 12.7. The minimum absolute atomic E-state index is 0.0188.